The number of hydrogen-bond acceptors (Lipinski definition) is 4. The van der Waals surface area contributed by atoms with Gasteiger partial charge in [-0.15, -0.1) is 0 Å². The third kappa shape index (κ3) is 3.36. The number of nitrogens with zero attached hydrogens (tertiary/aromatic N) is 4. The Kier molecular flexibility index (Phi) is 4.10. The van der Waals surface area contributed by atoms with Crippen molar-refractivity contribution in [3.63, 3.8) is 0 Å². The second-order valence-electron chi connectivity index (χ2n) is 5.42. The standard InChI is InChI=1S/C16H19FN4/c1-13-10-18-12-19-16(13)21-7-5-20(6-8-21)11-14-3-2-4-15(17)9-14/h2-4,9-10,12H,5-8,11H2,1H3. The average molecular weight is 286 g/mol. The fourth-order valence-electron chi connectivity index (χ4n) is 2.74. The second kappa shape index (κ2) is 6.18. The topological polar surface area (TPSA) is 32.3 Å². The number of piperazine rings is 1. The van der Waals surface area contributed by atoms with Gasteiger partial charge in [-0.3, -0.25) is 4.90 Å². The molecule has 110 valence electrons. The SMILES string of the molecule is Cc1cncnc1N1CCN(Cc2cccc(F)c2)CC1. The Bertz CT molecular complexity index is 609. The molecule has 3 rings (SSSR count). The van der Waals surface area contributed by atoms with Crippen LogP contribution in [-0.4, -0.2) is 41.0 Å². The molecule has 4 nitrogen and oxygen atoms in total. The lowest BCUT2D eigenvalue weighted by Gasteiger charge is -2.35. The molecule has 0 saturated carbocycles. The van der Waals surface area contributed by atoms with Crippen LogP contribution in [0, 0.1) is 12.7 Å². The molecule has 0 bridgehead atoms. The van der Waals surface area contributed by atoms with Crippen molar-refractivity contribution < 1.29 is 4.39 Å². The molecular formula is C16H19FN4. The lowest BCUT2D eigenvalue weighted by atomic mass is 10.2. The van der Waals surface area contributed by atoms with Crippen molar-refractivity contribution >= 4 is 5.82 Å². The molecule has 21 heavy (non-hydrogen) atoms. The summed E-state index contributed by atoms with van der Waals surface area (Å²) in [6.07, 6.45) is 3.45. The zero-order valence-corrected chi connectivity index (χ0v) is 12.2. The fraction of sp³-hybridized carbons (Fsp3) is 0.375. The number of rotatable bonds is 3. The molecule has 0 radical (unpaired) electrons. The molecule has 2 aromatic rings. The number of aryl methyl sites for hydroxylation is 1. The Hall–Kier alpha value is -2.01. The predicted molar refractivity (Wildman–Crippen MR) is 80.7 cm³/mol. The van der Waals surface area contributed by atoms with Crippen molar-refractivity contribution in [3.05, 3.63) is 53.7 Å². The molecular weight excluding hydrogens is 267 g/mol. The van der Waals surface area contributed by atoms with Crippen molar-refractivity contribution in [1.29, 1.82) is 0 Å². The van der Waals surface area contributed by atoms with Crippen LogP contribution < -0.4 is 4.90 Å². The van der Waals surface area contributed by atoms with Crippen LogP contribution in [0.3, 0.4) is 0 Å². The highest BCUT2D eigenvalue weighted by molar-refractivity contribution is 5.44. The van der Waals surface area contributed by atoms with Crippen LogP contribution in [0.2, 0.25) is 0 Å². The first-order chi connectivity index (χ1) is 10.2. The van der Waals surface area contributed by atoms with Crippen molar-refractivity contribution in [2.45, 2.75) is 13.5 Å². The summed E-state index contributed by atoms with van der Waals surface area (Å²) in [5.41, 5.74) is 2.14. The molecule has 1 fully saturated rings. The van der Waals surface area contributed by atoms with Crippen molar-refractivity contribution in [3.8, 4) is 0 Å². The normalized spacial score (nSPS) is 16.2. The highest BCUT2D eigenvalue weighted by atomic mass is 19.1. The second-order valence-corrected chi connectivity index (χ2v) is 5.42. The van der Waals surface area contributed by atoms with Gasteiger partial charge in [0.15, 0.2) is 0 Å². The molecule has 1 saturated heterocycles. The van der Waals surface area contributed by atoms with Crippen LogP contribution in [0.25, 0.3) is 0 Å². The minimum atomic E-state index is -0.164. The third-order valence-corrected chi connectivity index (χ3v) is 3.83. The third-order valence-electron chi connectivity index (χ3n) is 3.83. The Morgan fingerprint density at radius 1 is 1.19 bits per heavy atom. The maximum atomic E-state index is 13.2. The molecule has 2 heterocycles. The molecule has 1 aliphatic heterocycles. The summed E-state index contributed by atoms with van der Waals surface area (Å²) < 4.78 is 13.2. The van der Waals surface area contributed by atoms with Gasteiger partial charge in [-0.05, 0) is 24.6 Å². The average Bonchev–Trinajstić information content (AvgIpc) is 2.49. The van der Waals surface area contributed by atoms with Gasteiger partial charge in [-0.2, -0.15) is 0 Å². The monoisotopic (exact) mass is 286 g/mol. The Morgan fingerprint density at radius 3 is 2.71 bits per heavy atom. The van der Waals surface area contributed by atoms with E-state index in [1.54, 1.807) is 18.5 Å². The van der Waals surface area contributed by atoms with E-state index in [9.17, 15) is 4.39 Å². The van der Waals surface area contributed by atoms with Crippen molar-refractivity contribution in [2.75, 3.05) is 31.1 Å². The summed E-state index contributed by atoms with van der Waals surface area (Å²) in [6.45, 7) is 6.63. The van der Waals surface area contributed by atoms with Crippen LogP contribution in [0.5, 0.6) is 0 Å². The van der Waals surface area contributed by atoms with Gasteiger partial charge in [0.05, 0.1) is 0 Å². The van der Waals surface area contributed by atoms with E-state index in [0.717, 1.165) is 49.7 Å². The number of aromatic nitrogens is 2. The molecule has 0 atom stereocenters. The molecule has 1 aromatic heterocycles. The molecule has 0 aliphatic carbocycles. The Balaban J connectivity index is 1.59. The van der Waals surface area contributed by atoms with Gasteiger partial charge in [-0.1, -0.05) is 12.1 Å². The van der Waals surface area contributed by atoms with Crippen LogP contribution in [0.1, 0.15) is 11.1 Å². The summed E-state index contributed by atoms with van der Waals surface area (Å²) in [5.74, 6) is 0.859. The van der Waals surface area contributed by atoms with Crippen LogP contribution in [0.4, 0.5) is 10.2 Å². The van der Waals surface area contributed by atoms with Crippen molar-refractivity contribution in [1.82, 2.24) is 14.9 Å². The first-order valence-electron chi connectivity index (χ1n) is 7.21. The summed E-state index contributed by atoms with van der Waals surface area (Å²) in [5, 5.41) is 0. The zero-order chi connectivity index (χ0) is 14.7. The number of halogens is 1. The maximum absolute atomic E-state index is 13.2. The summed E-state index contributed by atoms with van der Waals surface area (Å²) in [4.78, 5) is 13.0. The minimum Gasteiger partial charge on any atom is -0.354 e. The first kappa shape index (κ1) is 13.9. The molecule has 5 heteroatoms. The highest BCUT2D eigenvalue weighted by Crippen LogP contribution is 2.18. The van der Waals surface area contributed by atoms with Crippen LogP contribution in [-0.2, 0) is 6.54 Å². The fourth-order valence-corrected chi connectivity index (χ4v) is 2.74. The molecule has 1 aromatic carbocycles. The van der Waals surface area contributed by atoms with Crippen LogP contribution >= 0.6 is 0 Å². The molecule has 0 amide bonds. The maximum Gasteiger partial charge on any atom is 0.134 e. The largest absolute Gasteiger partial charge is 0.354 e. The number of hydrogen-bond donors (Lipinski definition) is 0. The number of anilines is 1. The highest BCUT2D eigenvalue weighted by Gasteiger charge is 2.19. The van der Waals surface area contributed by atoms with E-state index in [0.29, 0.717) is 0 Å². The van der Waals surface area contributed by atoms with E-state index in [1.807, 2.05) is 19.2 Å². The van der Waals surface area contributed by atoms with Gasteiger partial charge in [0.25, 0.3) is 0 Å². The quantitative estimate of drug-likeness (QED) is 0.866. The van der Waals surface area contributed by atoms with Crippen LogP contribution in [0.15, 0.2) is 36.8 Å². The Labute approximate surface area is 124 Å². The van der Waals surface area contributed by atoms with E-state index in [2.05, 4.69) is 19.8 Å². The summed E-state index contributed by atoms with van der Waals surface area (Å²) in [6, 6.07) is 6.84. The van der Waals surface area contributed by atoms with E-state index in [-0.39, 0.29) is 5.82 Å². The lowest BCUT2D eigenvalue weighted by molar-refractivity contribution is 0.249. The van der Waals surface area contributed by atoms with Gasteiger partial charge in [0.2, 0.25) is 0 Å². The van der Waals surface area contributed by atoms with E-state index < -0.39 is 0 Å². The van der Waals surface area contributed by atoms with E-state index in [1.165, 1.54) is 6.07 Å². The van der Waals surface area contributed by atoms with Gasteiger partial charge in [0, 0.05) is 44.5 Å². The molecule has 0 unspecified atom stereocenters. The summed E-state index contributed by atoms with van der Waals surface area (Å²) in [7, 11) is 0. The van der Waals surface area contributed by atoms with Gasteiger partial charge in [-0.25, -0.2) is 14.4 Å². The number of benzene rings is 1. The summed E-state index contributed by atoms with van der Waals surface area (Å²) >= 11 is 0. The molecule has 0 spiro atoms. The minimum absolute atomic E-state index is 0.164. The van der Waals surface area contributed by atoms with E-state index >= 15 is 0 Å². The molecule has 0 N–H and O–H groups in total. The van der Waals surface area contributed by atoms with Gasteiger partial charge < -0.3 is 4.90 Å². The smallest absolute Gasteiger partial charge is 0.134 e. The van der Waals surface area contributed by atoms with Crippen molar-refractivity contribution in [2.24, 2.45) is 0 Å². The Morgan fingerprint density at radius 2 is 2.00 bits per heavy atom. The van der Waals surface area contributed by atoms with Gasteiger partial charge >= 0.3 is 0 Å². The van der Waals surface area contributed by atoms with E-state index in [4.69, 9.17) is 0 Å². The lowest BCUT2D eigenvalue weighted by Crippen LogP contribution is -2.46. The first-order valence-corrected chi connectivity index (χ1v) is 7.21. The van der Waals surface area contributed by atoms with Gasteiger partial charge in [0.1, 0.15) is 18.0 Å². The zero-order valence-electron chi connectivity index (χ0n) is 12.2. The predicted octanol–water partition coefficient (Wildman–Crippen LogP) is 2.25. The molecule has 1 aliphatic rings.